The van der Waals surface area contributed by atoms with Crippen LogP contribution >= 0.6 is 11.3 Å². The van der Waals surface area contributed by atoms with Crippen molar-refractivity contribution in [2.75, 3.05) is 7.11 Å². The number of nitrogens with one attached hydrogen (secondary N) is 1. The molecular weight excluding hydrogens is 617 g/mol. The number of aromatic nitrogens is 3. The highest BCUT2D eigenvalue weighted by Gasteiger charge is 2.31. The van der Waals surface area contributed by atoms with Gasteiger partial charge in [-0.3, -0.25) is 14.6 Å². The first-order valence-corrected chi connectivity index (χ1v) is 16.4. The van der Waals surface area contributed by atoms with E-state index in [1.54, 1.807) is 32.2 Å². The van der Waals surface area contributed by atoms with Crippen LogP contribution in [0.3, 0.4) is 0 Å². The number of ether oxygens (including phenoxy) is 1. The third kappa shape index (κ3) is 6.66. The van der Waals surface area contributed by atoms with Crippen molar-refractivity contribution < 1.29 is 23.1 Å². The number of hydrogen-bond acceptors (Lipinski definition) is 8. The van der Waals surface area contributed by atoms with E-state index in [1.807, 2.05) is 38.1 Å². The van der Waals surface area contributed by atoms with Crippen LogP contribution in [0.25, 0.3) is 21.9 Å². The van der Waals surface area contributed by atoms with E-state index in [2.05, 4.69) is 15.5 Å². The van der Waals surface area contributed by atoms with E-state index in [1.165, 1.54) is 23.5 Å². The number of rotatable bonds is 11. The second kappa shape index (κ2) is 13.4. The number of thiophene rings is 1. The van der Waals surface area contributed by atoms with Crippen LogP contribution in [0.4, 0.5) is 4.39 Å². The summed E-state index contributed by atoms with van der Waals surface area (Å²) in [5.41, 5.74) is 11.7. The van der Waals surface area contributed by atoms with Crippen LogP contribution in [0.5, 0.6) is 5.75 Å². The molecule has 2 amide bonds. The molecule has 0 radical (unpaired) electrons. The number of primary amides is 1. The Kier molecular flexibility index (Phi) is 9.17. The maximum absolute atomic E-state index is 13.6. The van der Waals surface area contributed by atoms with Crippen LogP contribution in [-0.4, -0.2) is 34.1 Å². The van der Waals surface area contributed by atoms with E-state index >= 15 is 0 Å². The summed E-state index contributed by atoms with van der Waals surface area (Å²) >= 11 is 1.26. The van der Waals surface area contributed by atoms with Gasteiger partial charge in [-0.25, -0.2) is 4.39 Å². The normalized spacial score (nSPS) is 14.0. The molecular formula is C36H36FN5O4S. The standard InChI is InChI=1S/C36H36FN5O4S/c1-19(2)18-27-31(34(38)43)33(32(36-42-41-20(3)46-36)26(39-27)14-10-21-8-11-22(37)12-9-21)29-16-17-30(47-29)35(44)40-25-15-13-24-23(25)6-5-7-28(24)45-4/h5-9,11-12,16-17,19,25H,10,13-15,18H2,1-4H3,(H2,38,43)(H,40,44)/t25-/m0/s1. The third-order valence-electron chi connectivity index (χ3n) is 8.33. The minimum absolute atomic E-state index is 0.145. The molecule has 1 aliphatic rings. The Morgan fingerprint density at radius 3 is 2.53 bits per heavy atom. The van der Waals surface area contributed by atoms with Gasteiger partial charge in [0.05, 0.1) is 40.5 Å². The fraction of sp³-hybridized carbons (Fsp3) is 0.306. The zero-order valence-electron chi connectivity index (χ0n) is 26.7. The van der Waals surface area contributed by atoms with E-state index < -0.39 is 5.91 Å². The molecule has 2 aromatic carbocycles. The summed E-state index contributed by atoms with van der Waals surface area (Å²) in [6.07, 6.45) is 3.08. The van der Waals surface area contributed by atoms with Gasteiger partial charge in [-0.1, -0.05) is 38.1 Å². The second-order valence-electron chi connectivity index (χ2n) is 12.1. The highest BCUT2D eigenvalue weighted by atomic mass is 32.1. The van der Waals surface area contributed by atoms with Gasteiger partial charge in [0.25, 0.3) is 11.8 Å². The Labute approximate surface area is 276 Å². The lowest BCUT2D eigenvalue weighted by atomic mass is 9.91. The van der Waals surface area contributed by atoms with Gasteiger partial charge >= 0.3 is 0 Å². The molecule has 3 N–H and O–H groups in total. The van der Waals surface area contributed by atoms with Crippen molar-refractivity contribution in [2.45, 2.75) is 58.9 Å². The van der Waals surface area contributed by atoms with Gasteiger partial charge in [0.15, 0.2) is 0 Å². The lowest BCUT2D eigenvalue weighted by Gasteiger charge is -2.19. The Bertz CT molecular complexity index is 1950. The van der Waals surface area contributed by atoms with E-state index in [0.717, 1.165) is 35.3 Å². The molecule has 47 heavy (non-hydrogen) atoms. The predicted octanol–water partition coefficient (Wildman–Crippen LogP) is 6.82. The van der Waals surface area contributed by atoms with Crippen molar-refractivity contribution in [3.63, 3.8) is 0 Å². The number of benzene rings is 2. The number of carbonyl (C=O) groups excluding carboxylic acids is 2. The summed E-state index contributed by atoms with van der Waals surface area (Å²) < 4.78 is 25.1. The summed E-state index contributed by atoms with van der Waals surface area (Å²) in [5.74, 6) is 0.386. The highest BCUT2D eigenvalue weighted by molar-refractivity contribution is 7.17. The van der Waals surface area contributed by atoms with E-state index in [4.69, 9.17) is 19.9 Å². The zero-order valence-corrected chi connectivity index (χ0v) is 27.5. The Balaban J connectivity index is 1.44. The average molecular weight is 654 g/mol. The molecule has 1 aliphatic carbocycles. The maximum Gasteiger partial charge on any atom is 0.261 e. The van der Waals surface area contributed by atoms with Crippen molar-refractivity contribution >= 4 is 23.2 Å². The summed E-state index contributed by atoms with van der Waals surface area (Å²) in [6, 6.07) is 15.7. The summed E-state index contributed by atoms with van der Waals surface area (Å²) in [4.78, 5) is 33.0. The van der Waals surface area contributed by atoms with E-state index in [0.29, 0.717) is 57.4 Å². The number of pyridine rings is 1. The van der Waals surface area contributed by atoms with E-state index in [-0.39, 0.29) is 35.1 Å². The van der Waals surface area contributed by atoms with Crippen LogP contribution in [-0.2, 0) is 25.7 Å². The average Bonchev–Trinajstić information content (AvgIpc) is 3.80. The molecule has 0 spiro atoms. The SMILES string of the molecule is COc1cccc2c1CC[C@@H]2NC(=O)c1ccc(-c2c(C(N)=O)c(CC(C)C)nc(CCc3ccc(F)cc3)c2-c2nnc(C)o2)s1. The van der Waals surface area contributed by atoms with Crippen LogP contribution < -0.4 is 15.8 Å². The number of nitrogens with two attached hydrogens (primary N) is 1. The van der Waals surface area contributed by atoms with Gasteiger partial charge < -0.3 is 20.2 Å². The first-order chi connectivity index (χ1) is 22.6. The molecule has 9 nitrogen and oxygen atoms in total. The highest BCUT2D eigenvalue weighted by Crippen LogP contribution is 2.42. The molecule has 3 aromatic heterocycles. The second-order valence-corrected chi connectivity index (χ2v) is 13.2. The molecule has 3 heterocycles. The van der Waals surface area contributed by atoms with Crippen molar-refractivity contribution in [1.82, 2.24) is 20.5 Å². The van der Waals surface area contributed by atoms with Gasteiger partial charge in [-0.05, 0) is 85.0 Å². The van der Waals surface area contributed by atoms with Gasteiger partial charge in [0.2, 0.25) is 11.8 Å². The maximum atomic E-state index is 13.6. The minimum atomic E-state index is -0.637. The molecule has 0 aliphatic heterocycles. The molecule has 242 valence electrons. The zero-order chi connectivity index (χ0) is 33.2. The van der Waals surface area contributed by atoms with Crippen LogP contribution in [0.1, 0.15) is 80.3 Å². The monoisotopic (exact) mass is 653 g/mol. The van der Waals surface area contributed by atoms with Crippen molar-refractivity contribution in [3.8, 4) is 27.6 Å². The van der Waals surface area contributed by atoms with Gasteiger partial charge in [-0.2, -0.15) is 0 Å². The van der Waals surface area contributed by atoms with Gasteiger partial charge in [0, 0.05) is 17.4 Å². The number of nitrogens with zero attached hydrogens (tertiary/aromatic N) is 3. The summed E-state index contributed by atoms with van der Waals surface area (Å²) in [5, 5.41) is 11.6. The lowest BCUT2D eigenvalue weighted by molar-refractivity contribution is 0.0939. The largest absolute Gasteiger partial charge is 0.496 e. The number of aryl methyl sites for hydroxylation is 3. The topological polar surface area (TPSA) is 133 Å². The minimum Gasteiger partial charge on any atom is -0.496 e. The Morgan fingerprint density at radius 1 is 1.06 bits per heavy atom. The predicted molar refractivity (Wildman–Crippen MR) is 178 cm³/mol. The van der Waals surface area contributed by atoms with Crippen LogP contribution in [0.15, 0.2) is 59.0 Å². The number of carbonyl (C=O) groups is 2. The van der Waals surface area contributed by atoms with Gasteiger partial charge in [-0.15, -0.1) is 21.5 Å². The van der Waals surface area contributed by atoms with Gasteiger partial charge in [0.1, 0.15) is 11.6 Å². The number of halogens is 1. The quantitative estimate of drug-likeness (QED) is 0.160. The fourth-order valence-electron chi connectivity index (χ4n) is 6.24. The van der Waals surface area contributed by atoms with Crippen molar-refractivity contribution in [3.05, 3.63) is 105 Å². The molecule has 0 saturated heterocycles. The number of fused-ring (bicyclic) bond motifs is 1. The first-order valence-electron chi connectivity index (χ1n) is 15.6. The molecule has 0 bridgehead atoms. The van der Waals surface area contributed by atoms with Crippen molar-refractivity contribution in [2.24, 2.45) is 11.7 Å². The molecule has 0 saturated carbocycles. The number of hydrogen-bond donors (Lipinski definition) is 2. The number of amides is 2. The molecule has 0 fully saturated rings. The molecule has 5 aromatic rings. The molecule has 11 heteroatoms. The fourth-order valence-corrected chi connectivity index (χ4v) is 7.21. The van der Waals surface area contributed by atoms with Crippen molar-refractivity contribution in [1.29, 1.82) is 0 Å². The number of methoxy groups -OCH3 is 1. The van der Waals surface area contributed by atoms with Crippen LogP contribution in [0.2, 0.25) is 0 Å². The van der Waals surface area contributed by atoms with Crippen LogP contribution in [0, 0.1) is 18.7 Å². The lowest BCUT2D eigenvalue weighted by Crippen LogP contribution is -2.26. The molecule has 6 rings (SSSR count). The summed E-state index contributed by atoms with van der Waals surface area (Å²) in [6.45, 7) is 5.78. The molecule has 1 atom stereocenters. The summed E-state index contributed by atoms with van der Waals surface area (Å²) in [7, 11) is 1.65. The van der Waals surface area contributed by atoms with E-state index in [9.17, 15) is 14.0 Å². The first kappa shape index (κ1) is 32.1. The molecule has 0 unspecified atom stereocenters. The third-order valence-corrected chi connectivity index (χ3v) is 9.43. The Hall–Kier alpha value is -4.90. The smallest absolute Gasteiger partial charge is 0.261 e. The Morgan fingerprint density at radius 2 is 1.85 bits per heavy atom.